The Hall–Kier alpha value is -6.16. The van der Waals surface area contributed by atoms with Crippen LogP contribution in [0.15, 0.2) is 180 Å². The molecule has 2 aromatic heterocycles. The molecule has 10 aromatic rings. The number of anilines is 3. The van der Waals surface area contributed by atoms with E-state index in [2.05, 4.69) is 169 Å². The van der Waals surface area contributed by atoms with Gasteiger partial charge in [0.2, 0.25) is 0 Å². The van der Waals surface area contributed by atoms with Gasteiger partial charge >= 0.3 is 0 Å². The van der Waals surface area contributed by atoms with Crippen LogP contribution in [0.2, 0.25) is 0 Å². The first-order chi connectivity index (χ1) is 24.3. The third kappa shape index (κ3) is 4.62. The van der Waals surface area contributed by atoms with Crippen molar-refractivity contribution >= 4 is 81.3 Å². The second-order valence-electron chi connectivity index (χ2n) is 12.5. The van der Waals surface area contributed by atoms with Crippen molar-refractivity contribution in [1.82, 2.24) is 0 Å². The molecule has 0 bridgehead atoms. The van der Waals surface area contributed by atoms with Crippen molar-refractivity contribution in [3.8, 4) is 22.3 Å². The van der Waals surface area contributed by atoms with E-state index in [4.69, 9.17) is 4.42 Å². The molecule has 2 nitrogen and oxygen atoms in total. The zero-order valence-electron chi connectivity index (χ0n) is 26.5. The summed E-state index contributed by atoms with van der Waals surface area (Å²) < 4.78 is 9.03. The summed E-state index contributed by atoms with van der Waals surface area (Å²) in [5.74, 6) is 0. The summed E-state index contributed by atoms with van der Waals surface area (Å²) in [5.41, 5.74) is 9.82. The van der Waals surface area contributed by atoms with Gasteiger partial charge in [0.05, 0.1) is 0 Å². The number of para-hydroxylation sites is 2. The Labute approximate surface area is 287 Å². The van der Waals surface area contributed by atoms with Crippen molar-refractivity contribution < 1.29 is 4.42 Å². The lowest BCUT2D eigenvalue weighted by molar-refractivity contribution is 0.670. The molecule has 0 saturated heterocycles. The maximum Gasteiger partial charge on any atom is 0.143 e. The second kappa shape index (κ2) is 11.2. The maximum absolute atomic E-state index is 6.39. The Morgan fingerprint density at radius 2 is 1.08 bits per heavy atom. The molecule has 0 unspecified atom stereocenters. The van der Waals surface area contributed by atoms with Gasteiger partial charge in [-0.05, 0) is 76.0 Å². The lowest BCUT2D eigenvalue weighted by atomic mass is 10.0. The molecule has 8 aromatic carbocycles. The molecule has 0 saturated carbocycles. The first-order valence-electron chi connectivity index (χ1n) is 16.6. The molecular formula is C46H29NOS. The molecule has 0 spiro atoms. The van der Waals surface area contributed by atoms with Gasteiger partial charge in [0.25, 0.3) is 0 Å². The molecule has 230 valence electrons. The fraction of sp³-hybridized carbons (Fsp3) is 0. The van der Waals surface area contributed by atoms with Crippen molar-refractivity contribution in [2.24, 2.45) is 0 Å². The number of hydrogen-bond acceptors (Lipinski definition) is 3. The van der Waals surface area contributed by atoms with E-state index in [0.717, 1.165) is 50.1 Å². The molecule has 0 aliphatic heterocycles. The SMILES string of the molecule is c1cc(-c2cccc3c2sc2ccccc23)cc(N(c2ccc(-c3cccc4c3oc3ccccc34)cc2)c2ccc3ccccc3c2)c1. The molecule has 3 heteroatoms. The van der Waals surface area contributed by atoms with Gasteiger partial charge < -0.3 is 9.32 Å². The summed E-state index contributed by atoms with van der Waals surface area (Å²) in [4.78, 5) is 2.37. The van der Waals surface area contributed by atoms with Crippen LogP contribution >= 0.6 is 11.3 Å². The van der Waals surface area contributed by atoms with Crippen LogP contribution in [0.1, 0.15) is 0 Å². The number of rotatable bonds is 5. The zero-order valence-corrected chi connectivity index (χ0v) is 27.3. The molecule has 0 aliphatic rings. The first-order valence-corrected chi connectivity index (χ1v) is 17.4. The van der Waals surface area contributed by atoms with E-state index in [1.165, 1.54) is 42.1 Å². The normalized spacial score (nSPS) is 11.7. The number of fused-ring (bicyclic) bond motifs is 7. The average molecular weight is 644 g/mol. The summed E-state index contributed by atoms with van der Waals surface area (Å²) in [6.07, 6.45) is 0. The molecule has 10 rings (SSSR count). The Morgan fingerprint density at radius 1 is 0.408 bits per heavy atom. The number of hydrogen-bond donors (Lipinski definition) is 0. The predicted molar refractivity (Wildman–Crippen MR) is 210 cm³/mol. The fourth-order valence-electron chi connectivity index (χ4n) is 7.31. The monoisotopic (exact) mass is 643 g/mol. The molecule has 0 fully saturated rings. The Balaban J connectivity index is 1.12. The van der Waals surface area contributed by atoms with Crippen molar-refractivity contribution in [2.45, 2.75) is 0 Å². The number of nitrogens with zero attached hydrogens (tertiary/aromatic N) is 1. The van der Waals surface area contributed by atoms with Crippen LogP contribution in [-0.2, 0) is 0 Å². The quantitative estimate of drug-likeness (QED) is 0.186. The van der Waals surface area contributed by atoms with Gasteiger partial charge in [0.15, 0.2) is 0 Å². The minimum Gasteiger partial charge on any atom is -0.455 e. The Kier molecular flexibility index (Phi) is 6.39. The molecule has 0 N–H and O–H groups in total. The highest BCUT2D eigenvalue weighted by Crippen LogP contribution is 2.43. The summed E-state index contributed by atoms with van der Waals surface area (Å²) in [7, 11) is 0. The van der Waals surface area contributed by atoms with Gasteiger partial charge in [-0.3, -0.25) is 0 Å². The third-order valence-electron chi connectivity index (χ3n) is 9.65. The molecule has 0 atom stereocenters. The number of furan rings is 1. The van der Waals surface area contributed by atoms with Crippen LogP contribution in [0.5, 0.6) is 0 Å². The van der Waals surface area contributed by atoms with Gasteiger partial charge in [-0.2, -0.15) is 0 Å². The van der Waals surface area contributed by atoms with Crippen molar-refractivity contribution in [1.29, 1.82) is 0 Å². The van der Waals surface area contributed by atoms with Gasteiger partial charge in [-0.1, -0.05) is 127 Å². The Morgan fingerprint density at radius 3 is 1.98 bits per heavy atom. The summed E-state index contributed by atoms with van der Waals surface area (Å²) in [6.45, 7) is 0. The molecule has 0 amide bonds. The highest BCUT2D eigenvalue weighted by atomic mass is 32.1. The first kappa shape index (κ1) is 27.9. The summed E-state index contributed by atoms with van der Waals surface area (Å²) in [5, 5.41) is 7.35. The van der Waals surface area contributed by atoms with Gasteiger partial charge in [-0.15, -0.1) is 11.3 Å². The summed E-state index contributed by atoms with van der Waals surface area (Å²) >= 11 is 1.87. The lowest BCUT2D eigenvalue weighted by Crippen LogP contribution is -2.10. The largest absolute Gasteiger partial charge is 0.455 e. The van der Waals surface area contributed by atoms with E-state index in [-0.39, 0.29) is 0 Å². The van der Waals surface area contributed by atoms with Crippen LogP contribution in [-0.4, -0.2) is 0 Å². The van der Waals surface area contributed by atoms with E-state index < -0.39 is 0 Å². The van der Waals surface area contributed by atoms with Crippen molar-refractivity contribution in [3.63, 3.8) is 0 Å². The Bertz CT molecular complexity index is 2840. The van der Waals surface area contributed by atoms with E-state index in [0.29, 0.717) is 0 Å². The van der Waals surface area contributed by atoms with Crippen LogP contribution in [0, 0.1) is 0 Å². The standard InChI is InChI=1S/C46H29NOS/c1-2-11-32-28-36(27-22-30(32)10-1)47(34-25-23-31(24-26-34)37-16-8-18-41-39-14-3-5-20-43(39)48-45(37)41)35-13-7-12-33(29-35)38-17-9-19-42-40-15-4-6-21-44(40)49-46(38)42/h1-29H. The molecule has 2 heterocycles. The van der Waals surface area contributed by atoms with E-state index in [1.54, 1.807) is 0 Å². The van der Waals surface area contributed by atoms with Crippen molar-refractivity contribution in [3.05, 3.63) is 176 Å². The van der Waals surface area contributed by atoms with Crippen LogP contribution in [0.3, 0.4) is 0 Å². The van der Waals surface area contributed by atoms with E-state index in [9.17, 15) is 0 Å². The lowest BCUT2D eigenvalue weighted by Gasteiger charge is -2.26. The van der Waals surface area contributed by atoms with E-state index in [1.807, 2.05) is 23.5 Å². The van der Waals surface area contributed by atoms with Crippen LogP contribution in [0.25, 0.3) is 75.1 Å². The smallest absolute Gasteiger partial charge is 0.143 e. The fourth-order valence-corrected chi connectivity index (χ4v) is 8.55. The zero-order chi connectivity index (χ0) is 32.3. The van der Waals surface area contributed by atoms with Crippen LogP contribution < -0.4 is 4.90 Å². The van der Waals surface area contributed by atoms with Gasteiger partial charge in [0, 0.05) is 53.6 Å². The van der Waals surface area contributed by atoms with Crippen molar-refractivity contribution in [2.75, 3.05) is 4.90 Å². The van der Waals surface area contributed by atoms with Crippen LogP contribution in [0.4, 0.5) is 17.1 Å². The predicted octanol–water partition coefficient (Wildman–Crippen LogP) is 13.9. The van der Waals surface area contributed by atoms with Gasteiger partial charge in [0.1, 0.15) is 11.2 Å². The molecule has 0 radical (unpaired) electrons. The topological polar surface area (TPSA) is 16.4 Å². The maximum atomic E-state index is 6.39. The highest BCUT2D eigenvalue weighted by molar-refractivity contribution is 7.26. The number of thiophene rings is 1. The minimum atomic E-state index is 0.912. The third-order valence-corrected chi connectivity index (χ3v) is 10.9. The highest BCUT2D eigenvalue weighted by Gasteiger charge is 2.17. The molecule has 49 heavy (non-hydrogen) atoms. The molecule has 0 aliphatic carbocycles. The van der Waals surface area contributed by atoms with Gasteiger partial charge in [-0.25, -0.2) is 0 Å². The molecular weight excluding hydrogens is 615 g/mol. The minimum absolute atomic E-state index is 0.912. The average Bonchev–Trinajstić information content (AvgIpc) is 3.74. The number of benzene rings is 8. The second-order valence-corrected chi connectivity index (χ2v) is 13.6. The van der Waals surface area contributed by atoms with E-state index >= 15 is 0 Å². The summed E-state index contributed by atoms with van der Waals surface area (Å²) in [6, 6.07) is 63.2.